The van der Waals surface area contributed by atoms with Gasteiger partial charge in [-0.3, -0.25) is 4.57 Å². The fourth-order valence-electron chi connectivity index (χ4n) is 1.95. The summed E-state index contributed by atoms with van der Waals surface area (Å²) in [5.74, 6) is -1.38. The predicted octanol–water partition coefficient (Wildman–Crippen LogP) is -10.3. The van der Waals surface area contributed by atoms with E-state index in [1.165, 1.54) is 0 Å². The van der Waals surface area contributed by atoms with Crippen molar-refractivity contribution < 1.29 is 98.0 Å². The molecule has 0 radical (unpaired) electrons. The van der Waals surface area contributed by atoms with Crippen LogP contribution in [-0.2, 0) is 9.30 Å². The molecule has 1 saturated heterocycles. The average Bonchev–Trinajstić information content (AvgIpc) is 2.68. The van der Waals surface area contributed by atoms with Gasteiger partial charge in [0.25, 0.3) is 0 Å². The van der Waals surface area contributed by atoms with Gasteiger partial charge in [-0.2, -0.15) is 4.98 Å². The molecule has 2 heterocycles. The Hall–Kier alpha value is 0.470. The fraction of sp³-hybridized carbons (Fsp3) is 0.556. The van der Waals surface area contributed by atoms with Crippen molar-refractivity contribution in [1.82, 2.24) is 9.55 Å². The van der Waals surface area contributed by atoms with Crippen LogP contribution in [0.5, 0.6) is 5.75 Å². The van der Waals surface area contributed by atoms with Crippen LogP contribution in [0.15, 0.2) is 11.0 Å². The van der Waals surface area contributed by atoms with E-state index in [0.717, 1.165) is 0 Å². The zero-order valence-corrected chi connectivity index (χ0v) is 17.7. The molecule has 2 rings (SSSR count). The first-order valence-electron chi connectivity index (χ1n) is 5.87. The van der Waals surface area contributed by atoms with Crippen LogP contribution in [0.2, 0.25) is 0 Å². The summed E-state index contributed by atoms with van der Waals surface area (Å²) < 4.78 is 20.3. The van der Waals surface area contributed by atoms with Gasteiger partial charge in [0.15, 0.2) is 17.8 Å². The number of phosphoric acid groups is 1. The smallest absolute Gasteiger partial charge is 0.780 e. The second-order valence-corrected chi connectivity index (χ2v) is 5.52. The number of ether oxygens (including phenoxy) is 1. The number of phosphoric ester groups is 1. The monoisotopic (exact) mass is 383 g/mol. The molecular formula is C9H12N3Na2O9P. The number of anilines is 1. The second-order valence-electron chi connectivity index (χ2n) is 4.45. The molecule has 124 valence electrons. The van der Waals surface area contributed by atoms with Crippen molar-refractivity contribution >= 4 is 13.6 Å². The molecule has 12 nitrogen and oxygen atoms in total. The Morgan fingerprint density at radius 3 is 2.42 bits per heavy atom. The third-order valence-corrected chi connectivity index (χ3v) is 3.37. The molecule has 15 heteroatoms. The summed E-state index contributed by atoms with van der Waals surface area (Å²) in [6, 6.07) is 0. The second kappa shape index (κ2) is 9.42. The molecule has 1 aliphatic heterocycles. The van der Waals surface area contributed by atoms with Gasteiger partial charge in [0.05, 0.1) is 12.8 Å². The summed E-state index contributed by atoms with van der Waals surface area (Å²) in [6.07, 6.45) is -5.05. The fourth-order valence-corrected chi connectivity index (χ4v) is 2.33. The number of rotatable bonds is 4. The summed E-state index contributed by atoms with van der Waals surface area (Å²) in [4.78, 5) is 36.2. The van der Waals surface area contributed by atoms with Gasteiger partial charge in [-0.1, -0.05) is 0 Å². The van der Waals surface area contributed by atoms with Gasteiger partial charge in [-0.05, 0) is 0 Å². The Kier molecular flexibility index (Phi) is 9.60. The van der Waals surface area contributed by atoms with Gasteiger partial charge in [0.2, 0.25) is 0 Å². The first-order chi connectivity index (χ1) is 10.1. The Morgan fingerprint density at radius 2 is 1.96 bits per heavy atom. The van der Waals surface area contributed by atoms with Gasteiger partial charge in [-0.25, -0.2) is 4.79 Å². The van der Waals surface area contributed by atoms with E-state index in [-0.39, 0.29) is 59.1 Å². The number of aliphatic hydroxyl groups is 3. The molecule has 0 amide bonds. The minimum Gasteiger partial charge on any atom is -0.780 e. The zero-order chi connectivity index (χ0) is 16.7. The first-order valence-corrected chi connectivity index (χ1v) is 7.33. The van der Waals surface area contributed by atoms with Gasteiger partial charge in [0.1, 0.15) is 26.1 Å². The van der Waals surface area contributed by atoms with E-state index < -0.39 is 56.2 Å². The van der Waals surface area contributed by atoms with E-state index in [0.29, 0.717) is 10.8 Å². The van der Waals surface area contributed by atoms with Crippen molar-refractivity contribution in [3.8, 4) is 5.75 Å². The van der Waals surface area contributed by atoms with E-state index in [2.05, 4.69) is 9.51 Å². The van der Waals surface area contributed by atoms with E-state index in [4.69, 9.17) is 15.6 Å². The topological polar surface area (TPSA) is 203 Å². The minimum atomic E-state index is -5.45. The maximum Gasteiger partial charge on any atom is 1.00 e. The largest absolute Gasteiger partial charge is 1.00 e. The number of nitrogens with two attached hydrogens (primary N) is 1. The van der Waals surface area contributed by atoms with Crippen LogP contribution < -0.4 is 84.8 Å². The van der Waals surface area contributed by atoms with Crippen LogP contribution in [0, 0.1) is 0 Å². The molecule has 1 aliphatic rings. The summed E-state index contributed by atoms with van der Waals surface area (Å²) in [5, 5.41) is 28.4. The average molecular weight is 383 g/mol. The first kappa shape index (κ1) is 24.5. The summed E-state index contributed by atoms with van der Waals surface area (Å²) in [5.41, 5.74) is 4.22. The predicted molar refractivity (Wildman–Crippen MR) is 64.2 cm³/mol. The standard InChI is InChI=1S/C9H14N3O9P.2Na/c10-7-3(21-22(17,18)19)1-12(9(16)11-7)8-6(15)5(14)4(2-13)20-8;;/h1,4-6,8,13-15H,2H2,(H2,10,11,16)(H2,17,18,19);;/q;2*+1/p-2/t4-,5-,6-,8-;;/m1../s1. The Balaban J connectivity index is 0.00000264. The van der Waals surface area contributed by atoms with Gasteiger partial charge < -0.3 is 44.7 Å². The van der Waals surface area contributed by atoms with E-state index >= 15 is 0 Å². The summed E-state index contributed by atoms with van der Waals surface area (Å²) in [6.45, 7) is -0.633. The molecule has 0 aliphatic carbocycles. The molecule has 1 aromatic rings. The van der Waals surface area contributed by atoms with Crippen LogP contribution >= 0.6 is 7.82 Å². The van der Waals surface area contributed by atoms with Crippen LogP contribution in [0.1, 0.15) is 6.23 Å². The molecule has 1 fully saturated rings. The number of hydrogen-bond donors (Lipinski definition) is 4. The molecule has 0 unspecified atom stereocenters. The molecule has 0 bridgehead atoms. The van der Waals surface area contributed by atoms with Gasteiger partial charge in [-0.15, -0.1) is 0 Å². The molecule has 5 N–H and O–H groups in total. The quantitative estimate of drug-likeness (QED) is 0.284. The Morgan fingerprint density at radius 1 is 1.38 bits per heavy atom. The third kappa shape index (κ3) is 5.48. The molecule has 1 aromatic heterocycles. The van der Waals surface area contributed by atoms with Crippen LogP contribution in [-0.4, -0.2) is 49.8 Å². The summed E-state index contributed by atoms with van der Waals surface area (Å²) in [7, 11) is -5.45. The van der Waals surface area contributed by atoms with Crippen molar-refractivity contribution in [2.75, 3.05) is 12.3 Å². The number of aromatic nitrogens is 2. The van der Waals surface area contributed by atoms with Gasteiger partial charge >= 0.3 is 64.8 Å². The van der Waals surface area contributed by atoms with E-state index in [1.54, 1.807) is 0 Å². The van der Waals surface area contributed by atoms with Crippen molar-refractivity contribution in [2.45, 2.75) is 24.5 Å². The van der Waals surface area contributed by atoms with Crippen LogP contribution in [0.3, 0.4) is 0 Å². The zero-order valence-electron chi connectivity index (χ0n) is 12.8. The Labute approximate surface area is 179 Å². The van der Waals surface area contributed by atoms with Crippen molar-refractivity contribution in [2.24, 2.45) is 0 Å². The number of aliphatic hydroxyl groups excluding tert-OH is 3. The normalized spacial score (nSPS) is 26.4. The van der Waals surface area contributed by atoms with Crippen LogP contribution in [0.4, 0.5) is 5.82 Å². The SMILES string of the molecule is Nc1nc(=O)n([C@@H]2O[C@H](CO)[C@@H](O)[C@H]2O)cc1OP(=O)([O-])[O-].[Na+].[Na+]. The van der Waals surface area contributed by atoms with Crippen molar-refractivity contribution in [1.29, 1.82) is 0 Å². The third-order valence-electron chi connectivity index (χ3n) is 2.95. The number of nitrogens with zero attached hydrogens (tertiary/aromatic N) is 2. The number of hydrogen-bond acceptors (Lipinski definition) is 11. The maximum absolute atomic E-state index is 11.7. The van der Waals surface area contributed by atoms with Gasteiger partial charge in [0, 0.05) is 0 Å². The maximum atomic E-state index is 11.7. The molecular weight excluding hydrogens is 371 g/mol. The molecule has 24 heavy (non-hydrogen) atoms. The minimum absolute atomic E-state index is 0. The van der Waals surface area contributed by atoms with Crippen molar-refractivity contribution in [3.63, 3.8) is 0 Å². The molecule has 0 aromatic carbocycles. The molecule has 4 atom stereocenters. The van der Waals surface area contributed by atoms with E-state index in [1.807, 2.05) is 0 Å². The van der Waals surface area contributed by atoms with Crippen LogP contribution in [0.25, 0.3) is 0 Å². The summed E-state index contributed by atoms with van der Waals surface area (Å²) >= 11 is 0. The number of nitrogen functional groups attached to an aromatic ring is 1. The Bertz CT molecular complexity index is 668. The van der Waals surface area contributed by atoms with Crippen molar-refractivity contribution in [3.05, 3.63) is 16.7 Å². The molecule has 0 saturated carbocycles. The van der Waals surface area contributed by atoms with E-state index in [9.17, 15) is 29.4 Å². The molecule has 0 spiro atoms.